The first-order valence-electron chi connectivity index (χ1n) is 14.8. The number of rotatable bonds is 8. The summed E-state index contributed by atoms with van der Waals surface area (Å²) >= 11 is 1.31. The van der Waals surface area contributed by atoms with Crippen LogP contribution in [-0.4, -0.2) is 17.1 Å². The molecule has 7 heteroatoms. The summed E-state index contributed by atoms with van der Waals surface area (Å²) in [5.41, 5.74) is 4.69. The molecule has 6 nitrogen and oxygen atoms in total. The van der Waals surface area contributed by atoms with Gasteiger partial charge in [0.25, 0.3) is 5.56 Å². The fourth-order valence-electron chi connectivity index (χ4n) is 5.60. The Balaban J connectivity index is 1.36. The van der Waals surface area contributed by atoms with Crippen molar-refractivity contribution in [2.24, 2.45) is 4.99 Å². The van der Waals surface area contributed by atoms with Crippen molar-refractivity contribution in [3.05, 3.63) is 144 Å². The fraction of sp³-hybridized carbons (Fsp3) is 0.216. The van der Waals surface area contributed by atoms with Crippen molar-refractivity contribution in [2.75, 3.05) is 6.61 Å². The molecule has 0 bridgehead atoms. The summed E-state index contributed by atoms with van der Waals surface area (Å²) in [7, 11) is 0. The van der Waals surface area contributed by atoms with E-state index in [9.17, 15) is 9.59 Å². The largest absolute Gasteiger partial charge is 0.489 e. The first-order chi connectivity index (χ1) is 21.3. The standard InChI is InChI=1S/C37H34N2O4S/c1-5-42-36(41)33-24(4)38-37-39(34(33)28-18-16-26(17-19-28)23(2)3)35(40)32(44-37)21-25-10-8-14-30(20-25)43-22-29-13-9-12-27-11-6-7-15-31(27)29/h6-21,23,34H,5,22H2,1-4H3/b32-21-/t34-/m0/s1. The molecule has 0 saturated heterocycles. The predicted molar refractivity (Wildman–Crippen MR) is 176 cm³/mol. The molecule has 0 aliphatic carbocycles. The van der Waals surface area contributed by atoms with Gasteiger partial charge in [-0.2, -0.15) is 0 Å². The van der Waals surface area contributed by atoms with Crippen LogP contribution in [0.2, 0.25) is 0 Å². The van der Waals surface area contributed by atoms with Gasteiger partial charge in [-0.05, 0) is 71.0 Å². The number of fused-ring (bicyclic) bond motifs is 2. The number of nitrogens with zero attached hydrogens (tertiary/aromatic N) is 2. The second-order valence-electron chi connectivity index (χ2n) is 11.1. The molecule has 1 atom stereocenters. The summed E-state index contributed by atoms with van der Waals surface area (Å²) in [5.74, 6) is 0.611. The third-order valence-corrected chi connectivity index (χ3v) is 8.85. The highest BCUT2D eigenvalue weighted by molar-refractivity contribution is 7.07. The first kappa shape index (κ1) is 29.3. The number of hydrogen-bond acceptors (Lipinski definition) is 6. The minimum Gasteiger partial charge on any atom is -0.489 e. The molecule has 0 fully saturated rings. The number of ether oxygens (including phenoxy) is 2. The van der Waals surface area contributed by atoms with Gasteiger partial charge in [0.05, 0.1) is 28.5 Å². The lowest BCUT2D eigenvalue weighted by Crippen LogP contribution is -2.39. The van der Waals surface area contributed by atoms with Gasteiger partial charge in [-0.25, -0.2) is 9.79 Å². The van der Waals surface area contributed by atoms with E-state index in [0.717, 1.165) is 22.1 Å². The maximum Gasteiger partial charge on any atom is 0.338 e. The highest BCUT2D eigenvalue weighted by Gasteiger charge is 2.33. The Hall–Kier alpha value is -4.75. The molecule has 44 heavy (non-hydrogen) atoms. The molecule has 6 rings (SSSR count). The molecule has 2 heterocycles. The molecule has 1 aliphatic heterocycles. The van der Waals surface area contributed by atoms with Crippen molar-refractivity contribution in [3.63, 3.8) is 0 Å². The summed E-state index contributed by atoms with van der Waals surface area (Å²) in [5, 5.41) is 2.34. The van der Waals surface area contributed by atoms with E-state index >= 15 is 0 Å². The number of esters is 1. The second-order valence-corrected chi connectivity index (χ2v) is 12.1. The van der Waals surface area contributed by atoms with E-state index in [1.54, 1.807) is 18.4 Å². The highest BCUT2D eigenvalue weighted by atomic mass is 32.1. The van der Waals surface area contributed by atoms with Gasteiger partial charge >= 0.3 is 5.97 Å². The molecular weight excluding hydrogens is 568 g/mol. The summed E-state index contributed by atoms with van der Waals surface area (Å²) < 4.78 is 13.8. The van der Waals surface area contributed by atoms with Gasteiger partial charge < -0.3 is 9.47 Å². The van der Waals surface area contributed by atoms with Gasteiger partial charge in [0.2, 0.25) is 0 Å². The zero-order valence-corrected chi connectivity index (χ0v) is 26.1. The van der Waals surface area contributed by atoms with E-state index < -0.39 is 12.0 Å². The van der Waals surface area contributed by atoms with E-state index in [1.807, 2.05) is 60.7 Å². The third-order valence-electron chi connectivity index (χ3n) is 7.87. The molecular formula is C37H34N2O4S. The third kappa shape index (κ3) is 5.75. The van der Waals surface area contributed by atoms with Crippen molar-refractivity contribution in [2.45, 2.75) is 46.3 Å². The topological polar surface area (TPSA) is 69.9 Å². The minimum atomic E-state index is -0.635. The predicted octanol–water partition coefficient (Wildman–Crippen LogP) is 6.65. The summed E-state index contributed by atoms with van der Waals surface area (Å²) in [6, 6.07) is 29.6. The average molecular weight is 603 g/mol. The summed E-state index contributed by atoms with van der Waals surface area (Å²) in [6.07, 6.45) is 1.86. The van der Waals surface area contributed by atoms with E-state index in [4.69, 9.17) is 14.5 Å². The SMILES string of the molecule is CCOC(=O)C1=C(C)N=c2s/c(=C\c3cccc(OCc4cccc5ccccc45)c3)c(=O)n2[C@H]1c1ccc(C(C)C)cc1. The Labute approximate surface area is 260 Å². The summed E-state index contributed by atoms with van der Waals surface area (Å²) in [6.45, 7) is 8.51. The molecule has 0 saturated carbocycles. The number of carbonyl (C=O) groups is 1. The van der Waals surface area contributed by atoms with E-state index in [1.165, 1.54) is 22.3 Å². The maximum atomic E-state index is 14.0. The Morgan fingerprint density at radius 3 is 2.52 bits per heavy atom. The van der Waals surface area contributed by atoms with Crippen LogP contribution in [-0.2, 0) is 16.1 Å². The van der Waals surface area contributed by atoms with Crippen LogP contribution in [0.1, 0.15) is 61.9 Å². The van der Waals surface area contributed by atoms with Crippen LogP contribution in [0.3, 0.4) is 0 Å². The molecule has 0 spiro atoms. The van der Waals surface area contributed by atoms with Crippen LogP contribution in [0.5, 0.6) is 5.75 Å². The van der Waals surface area contributed by atoms with Gasteiger partial charge in [0.1, 0.15) is 12.4 Å². The lowest BCUT2D eigenvalue weighted by molar-refractivity contribution is -0.139. The molecule has 5 aromatic rings. The van der Waals surface area contributed by atoms with Crippen molar-refractivity contribution >= 4 is 34.2 Å². The Morgan fingerprint density at radius 1 is 1.00 bits per heavy atom. The normalized spacial score (nSPS) is 14.9. The van der Waals surface area contributed by atoms with Crippen LogP contribution < -0.4 is 19.6 Å². The van der Waals surface area contributed by atoms with E-state index in [0.29, 0.717) is 38.9 Å². The minimum absolute atomic E-state index is 0.205. The lowest BCUT2D eigenvalue weighted by atomic mass is 9.93. The molecule has 0 unspecified atom stereocenters. The number of allylic oxidation sites excluding steroid dienone is 1. The van der Waals surface area contributed by atoms with Gasteiger partial charge in [-0.3, -0.25) is 9.36 Å². The molecule has 0 N–H and O–H groups in total. The average Bonchev–Trinajstić information content (AvgIpc) is 3.33. The Morgan fingerprint density at radius 2 is 1.75 bits per heavy atom. The van der Waals surface area contributed by atoms with Crippen LogP contribution in [0.25, 0.3) is 16.8 Å². The van der Waals surface area contributed by atoms with Crippen molar-refractivity contribution in [1.29, 1.82) is 0 Å². The summed E-state index contributed by atoms with van der Waals surface area (Å²) in [4.78, 5) is 32.4. The maximum absolute atomic E-state index is 14.0. The van der Waals surface area contributed by atoms with Crippen LogP contribution in [0.15, 0.2) is 112 Å². The van der Waals surface area contributed by atoms with Gasteiger partial charge in [0, 0.05) is 0 Å². The molecule has 0 radical (unpaired) electrons. The number of benzene rings is 4. The molecule has 0 amide bonds. The molecule has 1 aromatic heterocycles. The zero-order valence-electron chi connectivity index (χ0n) is 25.2. The van der Waals surface area contributed by atoms with Crippen molar-refractivity contribution in [3.8, 4) is 5.75 Å². The number of hydrogen-bond donors (Lipinski definition) is 0. The first-order valence-corrected chi connectivity index (χ1v) is 15.6. The van der Waals surface area contributed by atoms with E-state index in [-0.39, 0.29) is 12.2 Å². The van der Waals surface area contributed by atoms with Crippen LogP contribution >= 0.6 is 11.3 Å². The fourth-order valence-corrected chi connectivity index (χ4v) is 6.64. The monoisotopic (exact) mass is 602 g/mol. The smallest absolute Gasteiger partial charge is 0.338 e. The van der Waals surface area contributed by atoms with Crippen molar-refractivity contribution in [1.82, 2.24) is 4.57 Å². The zero-order chi connectivity index (χ0) is 30.8. The highest BCUT2D eigenvalue weighted by Crippen LogP contribution is 2.31. The Kier molecular flexibility index (Phi) is 8.31. The van der Waals surface area contributed by atoms with Crippen LogP contribution in [0, 0.1) is 0 Å². The van der Waals surface area contributed by atoms with Gasteiger partial charge in [-0.15, -0.1) is 0 Å². The van der Waals surface area contributed by atoms with Gasteiger partial charge in [-0.1, -0.05) is 104 Å². The second kappa shape index (κ2) is 12.5. The molecule has 1 aliphatic rings. The van der Waals surface area contributed by atoms with Crippen LogP contribution in [0.4, 0.5) is 0 Å². The van der Waals surface area contributed by atoms with Crippen molar-refractivity contribution < 1.29 is 14.3 Å². The quantitative estimate of drug-likeness (QED) is 0.187. The number of carbonyl (C=O) groups excluding carboxylic acids is 1. The molecule has 4 aromatic carbocycles. The Bertz CT molecular complexity index is 2060. The van der Waals surface area contributed by atoms with E-state index in [2.05, 4.69) is 50.2 Å². The van der Waals surface area contributed by atoms with Gasteiger partial charge in [0.15, 0.2) is 4.80 Å². The number of thiazole rings is 1. The lowest BCUT2D eigenvalue weighted by Gasteiger charge is -2.25. The molecule has 222 valence electrons. The number of aromatic nitrogens is 1.